The molecule has 0 radical (unpaired) electrons. The van der Waals surface area contributed by atoms with E-state index >= 15 is 0 Å². The molecule has 0 unspecified atom stereocenters. The maximum atomic E-state index is 13.9. The third-order valence-electron chi connectivity index (χ3n) is 9.19. The molecule has 0 fully saturated rings. The van der Waals surface area contributed by atoms with Crippen molar-refractivity contribution in [2.24, 2.45) is 17.4 Å². The molecule has 5 atom stereocenters. The molecule has 0 aliphatic rings. The summed E-state index contributed by atoms with van der Waals surface area (Å²) in [6.07, 6.45) is 3.56. The number of carbonyl (C=O) groups excluding carboxylic acids is 7. The monoisotopic (exact) mass is 829 g/mol. The first-order chi connectivity index (χ1) is 28.1. The molecule has 0 aliphatic carbocycles. The summed E-state index contributed by atoms with van der Waals surface area (Å²) in [6, 6.07) is 1.56. The Morgan fingerprint density at radius 1 is 0.627 bits per heavy atom. The van der Waals surface area contributed by atoms with Gasteiger partial charge in [0.2, 0.25) is 41.4 Å². The van der Waals surface area contributed by atoms with Crippen molar-refractivity contribution in [2.45, 2.75) is 122 Å². The zero-order valence-electron chi connectivity index (χ0n) is 34.5. The van der Waals surface area contributed by atoms with E-state index in [4.69, 9.17) is 15.9 Å². The van der Waals surface area contributed by atoms with Gasteiger partial charge in [-0.15, -0.1) is 0 Å². The lowest BCUT2D eigenvalue weighted by Crippen LogP contribution is -2.59. The van der Waals surface area contributed by atoms with E-state index in [-0.39, 0.29) is 31.1 Å². The van der Waals surface area contributed by atoms with Gasteiger partial charge < -0.3 is 58.2 Å². The molecule has 1 aromatic carbocycles. The number of nitrogens with two attached hydrogens (primary N) is 2. The number of hydrogen-bond donors (Lipinski definition) is 10. The molecule has 19 nitrogen and oxygen atoms in total. The Labute approximate surface area is 344 Å². The molecule has 0 aliphatic heterocycles. The van der Waals surface area contributed by atoms with Gasteiger partial charge in [-0.3, -0.25) is 33.6 Å². The molecule has 59 heavy (non-hydrogen) atoms. The highest BCUT2D eigenvalue weighted by atomic mass is 16.4. The molecule has 2 rings (SSSR count). The Hall–Kier alpha value is -5.40. The molecule has 12 N–H and O–H groups in total. The van der Waals surface area contributed by atoms with E-state index in [1.165, 1.54) is 26.0 Å². The lowest BCUT2D eigenvalue weighted by atomic mass is 10.0. The Morgan fingerprint density at radius 3 is 1.64 bits per heavy atom. The first-order valence-corrected chi connectivity index (χ1v) is 20.2. The summed E-state index contributed by atoms with van der Waals surface area (Å²) >= 11 is 0. The number of aliphatic hydroxyl groups excluding tert-OH is 1. The zero-order chi connectivity index (χ0) is 43.9. The predicted octanol–water partition coefficient (Wildman–Crippen LogP) is -0.222. The van der Waals surface area contributed by atoms with Gasteiger partial charge in [-0.1, -0.05) is 13.8 Å². The smallest absolute Gasteiger partial charge is 0.336 e. The van der Waals surface area contributed by atoms with Crippen LogP contribution in [0.5, 0.6) is 0 Å². The largest absolute Gasteiger partial charge is 0.423 e. The van der Waals surface area contributed by atoms with Crippen LogP contribution in [0.15, 0.2) is 39.5 Å². The summed E-state index contributed by atoms with van der Waals surface area (Å²) in [5.74, 6) is -4.13. The molecule has 7 amide bonds. The fraction of sp³-hybridized carbons (Fsp3) is 0.600. The molecule has 1 aromatic heterocycles. The van der Waals surface area contributed by atoms with Crippen molar-refractivity contribution in [3.8, 4) is 0 Å². The summed E-state index contributed by atoms with van der Waals surface area (Å²) in [4.78, 5) is 103. The van der Waals surface area contributed by atoms with Gasteiger partial charge in [0.05, 0.1) is 6.61 Å². The molecular formula is C40H63N9O10. The number of nitrogens with one attached hydrogen (secondary N) is 7. The minimum atomic E-state index is -1.53. The first kappa shape index (κ1) is 49.7. The fourth-order valence-corrected chi connectivity index (χ4v) is 6.14. The second kappa shape index (κ2) is 26.6. The second-order valence-electron chi connectivity index (χ2n) is 14.9. The minimum Gasteiger partial charge on any atom is -0.423 e. The lowest BCUT2D eigenvalue weighted by Gasteiger charge is -2.27. The molecule has 0 saturated heterocycles. The van der Waals surface area contributed by atoms with Crippen LogP contribution in [-0.4, -0.2) is 103 Å². The van der Waals surface area contributed by atoms with Crippen LogP contribution in [0.1, 0.15) is 91.9 Å². The highest BCUT2D eigenvalue weighted by molar-refractivity contribution is 6.00. The van der Waals surface area contributed by atoms with Crippen molar-refractivity contribution in [1.29, 1.82) is 0 Å². The summed E-state index contributed by atoms with van der Waals surface area (Å²) in [6.45, 7) is 6.56. The molecular weight excluding hydrogens is 766 g/mol. The average molecular weight is 830 g/mol. The number of amides is 7. The van der Waals surface area contributed by atoms with E-state index in [0.717, 1.165) is 0 Å². The molecule has 2 aromatic rings. The average Bonchev–Trinajstić information content (AvgIpc) is 3.17. The highest BCUT2D eigenvalue weighted by Crippen LogP contribution is 2.18. The molecule has 0 spiro atoms. The van der Waals surface area contributed by atoms with Crippen LogP contribution in [0.4, 0.5) is 5.69 Å². The van der Waals surface area contributed by atoms with Gasteiger partial charge in [-0.25, -0.2) is 4.79 Å². The summed E-state index contributed by atoms with van der Waals surface area (Å²) in [7, 11) is 0. The number of benzene rings is 1. The van der Waals surface area contributed by atoms with E-state index in [2.05, 4.69) is 37.2 Å². The maximum Gasteiger partial charge on any atom is 0.336 e. The normalized spacial score (nSPS) is 13.6. The zero-order valence-corrected chi connectivity index (χ0v) is 34.5. The quantitative estimate of drug-likeness (QED) is 0.0413. The predicted molar refractivity (Wildman–Crippen MR) is 221 cm³/mol. The van der Waals surface area contributed by atoms with Crippen LogP contribution in [-0.2, 0) is 33.6 Å². The topological polar surface area (TPSA) is 306 Å². The van der Waals surface area contributed by atoms with Gasteiger partial charge in [0.25, 0.3) is 0 Å². The van der Waals surface area contributed by atoms with E-state index in [1.54, 1.807) is 18.2 Å². The Balaban J connectivity index is 2.28. The SMILES string of the molecule is CC(=O)NCCCC[C@H](NC(=O)[C@H](CCCCN)NC(=O)[C@H](CO)NC(=O)[C@H](CCCCN)NC(=O)[C@H](CC(C)C)NC(C)=O)C(=O)Nc1ccc2oc(=O)ccc2c1. The third kappa shape index (κ3) is 18.8. The van der Waals surface area contributed by atoms with E-state index in [1.807, 2.05) is 13.8 Å². The molecule has 0 bridgehead atoms. The number of fused-ring (bicyclic) bond motifs is 1. The van der Waals surface area contributed by atoms with Crippen molar-refractivity contribution < 1.29 is 43.1 Å². The summed E-state index contributed by atoms with van der Waals surface area (Å²) < 4.78 is 5.17. The number of unbranched alkanes of at least 4 members (excludes halogenated alkanes) is 3. The summed E-state index contributed by atoms with van der Waals surface area (Å²) in [5.41, 5.74) is 11.5. The summed E-state index contributed by atoms with van der Waals surface area (Å²) in [5, 5.41) is 29.3. The van der Waals surface area contributed by atoms with Crippen LogP contribution in [0.2, 0.25) is 0 Å². The van der Waals surface area contributed by atoms with Gasteiger partial charge in [0, 0.05) is 37.5 Å². The van der Waals surface area contributed by atoms with E-state index in [0.29, 0.717) is 81.2 Å². The van der Waals surface area contributed by atoms with Gasteiger partial charge in [0.15, 0.2) is 0 Å². The molecule has 328 valence electrons. The van der Waals surface area contributed by atoms with Crippen LogP contribution < -0.4 is 54.3 Å². The van der Waals surface area contributed by atoms with Crippen LogP contribution in [0.3, 0.4) is 0 Å². The van der Waals surface area contributed by atoms with Crippen molar-refractivity contribution in [1.82, 2.24) is 31.9 Å². The first-order valence-electron chi connectivity index (χ1n) is 20.2. The van der Waals surface area contributed by atoms with E-state index < -0.39 is 77.9 Å². The van der Waals surface area contributed by atoms with Crippen LogP contribution in [0, 0.1) is 5.92 Å². The van der Waals surface area contributed by atoms with Gasteiger partial charge in [0.1, 0.15) is 35.8 Å². The van der Waals surface area contributed by atoms with Crippen LogP contribution >= 0.6 is 0 Å². The molecule has 19 heteroatoms. The standard InChI is InChI=1S/C40H63N9O10/c1-24(2)21-32(44-26(4)52)39(57)47-31(12-6-9-19-42)38(56)49-33(23-50)40(58)48-30(11-5-8-18-41)37(55)46-29(13-7-10-20-43-25(3)51)36(54)45-28-15-16-34-27(22-28)14-17-35(53)59-34/h14-17,22,24,29-33,50H,5-13,18-21,23,41-42H2,1-4H3,(H,43,51)(H,44,52)(H,45,54)(H,46,55)(H,47,57)(H,48,58)(H,49,56)/t29-,30-,31-,32-,33-/m0/s1. The van der Waals surface area contributed by atoms with Crippen molar-refractivity contribution >= 4 is 58.0 Å². The second-order valence-corrected chi connectivity index (χ2v) is 14.9. The third-order valence-corrected chi connectivity index (χ3v) is 9.19. The number of aliphatic hydroxyl groups is 1. The number of rotatable bonds is 27. The molecule has 0 saturated carbocycles. The van der Waals surface area contributed by atoms with Gasteiger partial charge in [-0.2, -0.15) is 0 Å². The highest BCUT2D eigenvalue weighted by Gasteiger charge is 2.32. The van der Waals surface area contributed by atoms with Crippen molar-refractivity contribution in [3.05, 3.63) is 40.8 Å². The van der Waals surface area contributed by atoms with Gasteiger partial charge in [-0.05, 0) is 107 Å². The minimum absolute atomic E-state index is 0.0376. The number of hydrogen-bond acceptors (Lipinski definition) is 12. The lowest BCUT2D eigenvalue weighted by molar-refractivity contribution is -0.135. The fourth-order valence-electron chi connectivity index (χ4n) is 6.14. The Morgan fingerprint density at radius 2 is 1.14 bits per heavy atom. The Kier molecular flexibility index (Phi) is 22.4. The maximum absolute atomic E-state index is 13.9. The van der Waals surface area contributed by atoms with E-state index in [9.17, 15) is 43.5 Å². The van der Waals surface area contributed by atoms with Gasteiger partial charge >= 0.3 is 5.63 Å². The van der Waals surface area contributed by atoms with Crippen molar-refractivity contribution in [2.75, 3.05) is 31.6 Å². The van der Waals surface area contributed by atoms with Crippen LogP contribution in [0.25, 0.3) is 11.0 Å². The molecule has 1 heterocycles. The number of anilines is 1. The Bertz CT molecular complexity index is 1770. The number of carbonyl (C=O) groups is 7. The van der Waals surface area contributed by atoms with Crippen molar-refractivity contribution in [3.63, 3.8) is 0 Å².